The Morgan fingerprint density at radius 2 is 2.17 bits per heavy atom. The predicted octanol–water partition coefficient (Wildman–Crippen LogP) is 2.02. The van der Waals surface area contributed by atoms with Gasteiger partial charge in [0, 0.05) is 17.4 Å². The average Bonchev–Trinajstić information content (AvgIpc) is 2.04. The summed E-state index contributed by atoms with van der Waals surface area (Å²) in [6, 6.07) is 0.293. The Kier molecular flexibility index (Phi) is 1.69. The van der Waals surface area contributed by atoms with Gasteiger partial charge in [0.05, 0.1) is 0 Å². The largest absolute Gasteiger partial charge is 0.327 e. The lowest BCUT2D eigenvalue weighted by molar-refractivity contribution is 0.311. The van der Waals surface area contributed by atoms with E-state index in [-0.39, 0.29) is 5.41 Å². The highest BCUT2D eigenvalue weighted by Gasteiger charge is 2.35. The summed E-state index contributed by atoms with van der Waals surface area (Å²) in [6.45, 7) is 2.24. The Hall–Kier alpha value is -0.820. The molecule has 0 aromatic heterocycles. The third-order valence-corrected chi connectivity index (χ3v) is 2.95. The minimum absolute atomic E-state index is 0.173. The molecule has 0 aromatic rings. The van der Waals surface area contributed by atoms with Crippen LogP contribution in [-0.2, 0) is 0 Å². The zero-order valence-electron chi connectivity index (χ0n) is 7.40. The monoisotopic (exact) mass is 161 g/mol. The van der Waals surface area contributed by atoms with Crippen LogP contribution in [0, 0.1) is 11.3 Å². The van der Waals surface area contributed by atoms with E-state index in [0.29, 0.717) is 12.0 Å². The first-order valence-electron chi connectivity index (χ1n) is 4.52. The first-order valence-corrected chi connectivity index (χ1v) is 4.52. The zero-order valence-corrected chi connectivity index (χ0v) is 7.40. The summed E-state index contributed by atoms with van der Waals surface area (Å²) in [5, 5.41) is 0. The molecule has 12 heavy (non-hydrogen) atoms. The highest BCUT2D eigenvalue weighted by atomic mass is 14.7. The Balaban J connectivity index is 2.37. The lowest BCUT2D eigenvalue weighted by Crippen LogP contribution is -2.41. The van der Waals surface area contributed by atoms with Gasteiger partial charge in [-0.15, -0.1) is 0 Å². The highest BCUT2D eigenvalue weighted by Crippen LogP contribution is 2.39. The van der Waals surface area contributed by atoms with Gasteiger partial charge < -0.3 is 5.73 Å². The summed E-state index contributed by atoms with van der Waals surface area (Å²) in [5.41, 5.74) is 6.21. The smallest absolute Gasteiger partial charge is 0.0148 e. The van der Waals surface area contributed by atoms with Crippen LogP contribution in [0.5, 0.6) is 0 Å². The summed E-state index contributed by atoms with van der Waals surface area (Å²) >= 11 is 0. The van der Waals surface area contributed by atoms with Crippen molar-refractivity contribution in [3.63, 3.8) is 0 Å². The second-order valence-corrected chi connectivity index (χ2v) is 3.94. The topological polar surface area (TPSA) is 26.0 Å². The van der Waals surface area contributed by atoms with E-state index >= 15 is 0 Å². The maximum absolute atomic E-state index is 6.04. The van der Waals surface area contributed by atoms with Crippen LogP contribution in [0.3, 0.4) is 0 Å². The summed E-state index contributed by atoms with van der Waals surface area (Å²) in [4.78, 5) is 0. The SMILES string of the molecule is CC12C=CC=CC1C(N)CC=C2. The number of hydrogen-bond donors (Lipinski definition) is 1. The van der Waals surface area contributed by atoms with Gasteiger partial charge in [0.15, 0.2) is 0 Å². The van der Waals surface area contributed by atoms with Crippen molar-refractivity contribution in [3.05, 3.63) is 36.5 Å². The van der Waals surface area contributed by atoms with Crippen molar-refractivity contribution in [1.29, 1.82) is 0 Å². The summed E-state index contributed by atoms with van der Waals surface area (Å²) < 4.78 is 0. The van der Waals surface area contributed by atoms with Crippen molar-refractivity contribution in [2.24, 2.45) is 17.1 Å². The van der Waals surface area contributed by atoms with E-state index in [1.54, 1.807) is 0 Å². The first kappa shape index (κ1) is 7.81. The van der Waals surface area contributed by atoms with Crippen molar-refractivity contribution < 1.29 is 0 Å². The van der Waals surface area contributed by atoms with Gasteiger partial charge >= 0.3 is 0 Å². The quantitative estimate of drug-likeness (QED) is 0.540. The third-order valence-electron chi connectivity index (χ3n) is 2.95. The molecule has 0 saturated carbocycles. The molecule has 3 unspecified atom stereocenters. The molecule has 3 atom stereocenters. The number of allylic oxidation sites excluding steroid dienone is 4. The van der Waals surface area contributed by atoms with Crippen LogP contribution < -0.4 is 5.73 Å². The minimum Gasteiger partial charge on any atom is -0.327 e. The number of hydrogen-bond acceptors (Lipinski definition) is 1. The Morgan fingerprint density at radius 3 is 2.92 bits per heavy atom. The second kappa shape index (κ2) is 2.60. The lowest BCUT2D eigenvalue weighted by atomic mass is 9.67. The van der Waals surface area contributed by atoms with Crippen LogP contribution in [0.1, 0.15) is 13.3 Å². The molecule has 0 heterocycles. The van der Waals surface area contributed by atoms with E-state index in [2.05, 4.69) is 43.4 Å². The molecular weight excluding hydrogens is 146 g/mol. The zero-order chi connectivity index (χ0) is 8.60. The van der Waals surface area contributed by atoms with E-state index in [4.69, 9.17) is 5.73 Å². The van der Waals surface area contributed by atoms with Crippen molar-refractivity contribution in [3.8, 4) is 0 Å². The van der Waals surface area contributed by atoms with Crippen LogP contribution in [0.2, 0.25) is 0 Å². The fourth-order valence-corrected chi connectivity index (χ4v) is 2.16. The van der Waals surface area contributed by atoms with Gasteiger partial charge in [0.2, 0.25) is 0 Å². The number of nitrogens with two attached hydrogens (primary N) is 1. The van der Waals surface area contributed by atoms with E-state index in [1.165, 1.54) is 0 Å². The molecule has 0 saturated heterocycles. The molecule has 0 fully saturated rings. The highest BCUT2D eigenvalue weighted by molar-refractivity contribution is 5.28. The molecule has 0 radical (unpaired) electrons. The van der Waals surface area contributed by atoms with Gasteiger partial charge in [0.1, 0.15) is 0 Å². The van der Waals surface area contributed by atoms with Gasteiger partial charge in [-0.25, -0.2) is 0 Å². The lowest BCUT2D eigenvalue weighted by Gasteiger charge is -2.39. The molecule has 0 spiro atoms. The Bertz CT molecular complexity index is 262. The van der Waals surface area contributed by atoms with Crippen molar-refractivity contribution in [2.45, 2.75) is 19.4 Å². The van der Waals surface area contributed by atoms with E-state index in [9.17, 15) is 0 Å². The normalized spacial score (nSPS) is 44.5. The summed E-state index contributed by atoms with van der Waals surface area (Å²) in [7, 11) is 0. The molecule has 64 valence electrons. The van der Waals surface area contributed by atoms with Gasteiger partial charge in [-0.1, -0.05) is 43.4 Å². The van der Waals surface area contributed by atoms with Gasteiger partial charge in [-0.05, 0) is 6.42 Å². The molecule has 2 aliphatic carbocycles. The summed E-state index contributed by atoms with van der Waals surface area (Å²) in [6.07, 6.45) is 14.2. The molecule has 1 nitrogen and oxygen atoms in total. The molecule has 0 aromatic carbocycles. The van der Waals surface area contributed by atoms with Crippen LogP contribution in [-0.4, -0.2) is 6.04 Å². The molecule has 0 bridgehead atoms. The predicted molar refractivity (Wildman–Crippen MR) is 51.6 cm³/mol. The fourth-order valence-electron chi connectivity index (χ4n) is 2.16. The van der Waals surface area contributed by atoms with E-state index in [1.807, 2.05) is 0 Å². The van der Waals surface area contributed by atoms with E-state index in [0.717, 1.165) is 6.42 Å². The maximum atomic E-state index is 6.04. The van der Waals surface area contributed by atoms with Gasteiger partial charge in [0.25, 0.3) is 0 Å². The molecule has 2 aliphatic rings. The van der Waals surface area contributed by atoms with Crippen LogP contribution in [0.4, 0.5) is 0 Å². The van der Waals surface area contributed by atoms with Crippen LogP contribution >= 0.6 is 0 Å². The van der Waals surface area contributed by atoms with Crippen molar-refractivity contribution >= 4 is 0 Å². The Labute approximate surface area is 73.6 Å². The molecule has 1 heteroatoms. The van der Waals surface area contributed by atoms with E-state index < -0.39 is 0 Å². The van der Waals surface area contributed by atoms with Crippen LogP contribution in [0.15, 0.2) is 36.5 Å². The Morgan fingerprint density at radius 1 is 1.33 bits per heavy atom. The number of rotatable bonds is 0. The molecule has 0 amide bonds. The maximum Gasteiger partial charge on any atom is 0.0148 e. The molecule has 2 rings (SSSR count). The van der Waals surface area contributed by atoms with Crippen molar-refractivity contribution in [2.75, 3.05) is 0 Å². The fraction of sp³-hybridized carbons (Fsp3) is 0.455. The third kappa shape index (κ3) is 1.05. The standard InChI is InChI=1S/C11H15N/c1-11-7-3-2-5-9(11)10(12)6-4-8-11/h2-5,7-10H,6,12H2,1H3. The average molecular weight is 161 g/mol. The van der Waals surface area contributed by atoms with Gasteiger partial charge in [-0.2, -0.15) is 0 Å². The second-order valence-electron chi connectivity index (χ2n) is 3.94. The van der Waals surface area contributed by atoms with Crippen molar-refractivity contribution in [1.82, 2.24) is 0 Å². The summed E-state index contributed by atoms with van der Waals surface area (Å²) in [5.74, 6) is 0.493. The van der Waals surface area contributed by atoms with Gasteiger partial charge in [-0.3, -0.25) is 0 Å². The molecule has 2 N–H and O–H groups in total. The molecular formula is C11H15N. The molecule has 0 aliphatic heterocycles. The number of fused-ring (bicyclic) bond motifs is 1. The first-order chi connectivity index (χ1) is 5.72. The van der Waals surface area contributed by atoms with Crippen LogP contribution in [0.25, 0.3) is 0 Å². The minimum atomic E-state index is 0.173.